The highest BCUT2D eigenvalue weighted by molar-refractivity contribution is 6.07. The molecule has 0 radical (unpaired) electrons. The van der Waals surface area contributed by atoms with Crippen LogP contribution in [0.25, 0.3) is 5.65 Å². The molecular formula is C21H23N3O. The number of para-hydroxylation sites is 1. The van der Waals surface area contributed by atoms with E-state index in [0.29, 0.717) is 5.69 Å². The average Bonchev–Trinajstić information content (AvgIpc) is 2.98. The highest BCUT2D eigenvalue weighted by Gasteiger charge is 2.28. The Hall–Kier alpha value is -2.62. The Kier molecular flexibility index (Phi) is 4.04. The van der Waals surface area contributed by atoms with Crippen LogP contribution in [-0.2, 0) is 12.8 Å². The van der Waals surface area contributed by atoms with Crippen LogP contribution in [0, 0.1) is 6.92 Å². The molecule has 0 unspecified atom stereocenters. The number of aryl methyl sites for hydroxylation is 3. The Bertz CT molecular complexity index is 941. The highest BCUT2D eigenvalue weighted by atomic mass is 16.2. The molecule has 0 saturated carbocycles. The van der Waals surface area contributed by atoms with E-state index in [1.807, 2.05) is 39.8 Å². The van der Waals surface area contributed by atoms with Crippen LogP contribution in [0.5, 0.6) is 0 Å². The summed E-state index contributed by atoms with van der Waals surface area (Å²) in [5.74, 6) is 0.0620. The Labute approximate surface area is 148 Å². The third kappa shape index (κ3) is 2.72. The third-order valence-electron chi connectivity index (χ3n) is 4.90. The minimum Gasteiger partial charge on any atom is -0.307 e. The minimum absolute atomic E-state index is 0.0620. The molecule has 0 atom stereocenters. The number of carbonyl (C=O) groups excluding carboxylic acids is 1. The van der Waals surface area contributed by atoms with Crippen molar-refractivity contribution in [1.82, 2.24) is 9.38 Å². The maximum absolute atomic E-state index is 13.5. The van der Waals surface area contributed by atoms with Gasteiger partial charge in [-0.2, -0.15) is 0 Å². The molecule has 3 heterocycles. The first-order valence-electron chi connectivity index (χ1n) is 9.06. The molecule has 4 heteroatoms. The Morgan fingerprint density at radius 3 is 2.92 bits per heavy atom. The van der Waals surface area contributed by atoms with E-state index in [4.69, 9.17) is 4.98 Å². The van der Waals surface area contributed by atoms with Crippen molar-refractivity contribution >= 4 is 17.2 Å². The van der Waals surface area contributed by atoms with Crippen molar-refractivity contribution in [2.45, 2.75) is 39.5 Å². The number of hydrogen-bond acceptors (Lipinski definition) is 2. The van der Waals surface area contributed by atoms with Crippen molar-refractivity contribution in [1.29, 1.82) is 0 Å². The van der Waals surface area contributed by atoms with Crippen molar-refractivity contribution in [3.05, 3.63) is 65.1 Å². The molecular weight excluding hydrogens is 310 g/mol. The van der Waals surface area contributed by atoms with Gasteiger partial charge in [-0.05, 0) is 55.5 Å². The van der Waals surface area contributed by atoms with Crippen LogP contribution >= 0.6 is 0 Å². The molecule has 4 nitrogen and oxygen atoms in total. The third-order valence-corrected chi connectivity index (χ3v) is 4.90. The second kappa shape index (κ2) is 6.36. The Morgan fingerprint density at radius 2 is 2.08 bits per heavy atom. The number of hydrogen-bond donors (Lipinski definition) is 0. The second-order valence-electron chi connectivity index (χ2n) is 6.78. The molecule has 0 aliphatic carbocycles. The number of anilines is 1. The van der Waals surface area contributed by atoms with Crippen LogP contribution < -0.4 is 4.90 Å². The van der Waals surface area contributed by atoms with Gasteiger partial charge >= 0.3 is 0 Å². The van der Waals surface area contributed by atoms with E-state index in [9.17, 15) is 4.79 Å². The van der Waals surface area contributed by atoms with Crippen LogP contribution in [0.4, 0.5) is 5.69 Å². The molecule has 2 aromatic heterocycles. The van der Waals surface area contributed by atoms with Crippen molar-refractivity contribution in [2.24, 2.45) is 0 Å². The number of aromatic nitrogens is 2. The summed E-state index contributed by atoms with van der Waals surface area (Å²) in [7, 11) is 0. The van der Waals surface area contributed by atoms with E-state index in [1.54, 1.807) is 0 Å². The number of benzene rings is 1. The lowest BCUT2D eigenvalue weighted by Gasteiger charge is -2.29. The van der Waals surface area contributed by atoms with Gasteiger partial charge in [-0.15, -0.1) is 0 Å². The molecule has 1 amide bonds. The summed E-state index contributed by atoms with van der Waals surface area (Å²) in [5, 5.41) is 0. The quantitative estimate of drug-likeness (QED) is 0.721. The zero-order chi connectivity index (χ0) is 17.4. The first-order chi connectivity index (χ1) is 12.2. The number of rotatable bonds is 3. The summed E-state index contributed by atoms with van der Waals surface area (Å²) < 4.78 is 1.96. The van der Waals surface area contributed by atoms with Crippen LogP contribution in [0.15, 0.2) is 42.6 Å². The molecule has 128 valence electrons. The molecule has 0 saturated heterocycles. The van der Waals surface area contributed by atoms with Crippen molar-refractivity contribution < 1.29 is 4.79 Å². The first-order valence-corrected chi connectivity index (χ1v) is 9.06. The van der Waals surface area contributed by atoms with Gasteiger partial charge in [0.05, 0.1) is 5.69 Å². The van der Waals surface area contributed by atoms with Crippen LogP contribution in [0.2, 0.25) is 0 Å². The SMILES string of the molecule is CCCc1nc2cc(C)ccn2c1C(=O)N1CCCc2ccccc21. The van der Waals surface area contributed by atoms with E-state index in [0.717, 1.165) is 54.8 Å². The lowest BCUT2D eigenvalue weighted by molar-refractivity contribution is 0.0978. The Balaban J connectivity index is 1.84. The van der Waals surface area contributed by atoms with Crippen LogP contribution in [0.3, 0.4) is 0 Å². The minimum atomic E-state index is 0.0620. The lowest BCUT2D eigenvalue weighted by Crippen LogP contribution is -2.36. The van der Waals surface area contributed by atoms with Gasteiger partial charge in [0, 0.05) is 18.4 Å². The first kappa shape index (κ1) is 15.9. The van der Waals surface area contributed by atoms with Crippen LogP contribution in [0.1, 0.15) is 47.1 Å². The predicted octanol–water partition coefficient (Wildman–Crippen LogP) is 4.19. The molecule has 1 aliphatic rings. The van der Waals surface area contributed by atoms with Crippen molar-refractivity contribution in [3.63, 3.8) is 0 Å². The van der Waals surface area contributed by atoms with Gasteiger partial charge in [-0.1, -0.05) is 31.5 Å². The average molecular weight is 333 g/mol. The fraction of sp³-hybridized carbons (Fsp3) is 0.333. The normalized spacial score (nSPS) is 13.9. The van der Waals surface area contributed by atoms with E-state index < -0.39 is 0 Å². The summed E-state index contributed by atoms with van der Waals surface area (Å²) >= 11 is 0. The van der Waals surface area contributed by atoms with Gasteiger partial charge < -0.3 is 4.90 Å². The monoisotopic (exact) mass is 333 g/mol. The molecule has 25 heavy (non-hydrogen) atoms. The number of carbonyl (C=O) groups is 1. The second-order valence-corrected chi connectivity index (χ2v) is 6.78. The molecule has 0 fully saturated rings. The van der Waals surface area contributed by atoms with Gasteiger partial charge in [-0.25, -0.2) is 4.98 Å². The van der Waals surface area contributed by atoms with E-state index >= 15 is 0 Å². The number of amides is 1. The smallest absolute Gasteiger partial charge is 0.277 e. The van der Waals surface area contributed by atoms with E-state index in [1.165, 1.54) is 5.56 Å². The van der Waals surface area contributed by atoms with Gasteiger partial charge in [-0.3, -0.25) is 9.20 Å². The number of imidazole rings is 1. The summed E-state index contributed by atoms with van der Waals surface area (Å²) in [5.41, 5.74) is 5.93. The van der Waals surface area contributed by atoms with Crippen molar-refractivity contribution in [2.75, 3.05) is 11.4 Å². The summed E-state index contributed by atoms with van der Waals surface area (Å²) in [4.78, 5) is 20.2. The van der Waals surface area contributed by atoms with Crippen LogP contribution in [-0.4, -0.2) is 21.8 Å². The lowest BCUT2D eigenvalue weighted by atomic mass is 10.0. The Morgan fingerprint density at radius 1 is 1.24 bits per heavy atom. The maximum atomic E-state index is 13.5. The topological polar surface area (TPSA) is 37.6 Å². The molecule has 0 bridgehead atoms. The maximum Gasteiger partial charge on any atom is 0.277 e. The van der Waals surface area contributed by atoms with Gasteiger partial charge in [0.2, 0.25) is 0 Å². The molecule has 0 spiro atoms. The van der Waals surface area contributed by atoms with E-state index in [-0.39, 0.29) is 5.91 Å². The highest BCUT2D eigenvalue weighted by Crippen LogP contribution is 2.29. The largest absolute Gasteiger partial charge is 0.307 e. The fourth-order valence-electron chi connectivity index (χ4n) is 3.71. The predicted molar refractivity (Wildman–Crippen MR) is 100 cm³/mol. The standard InChI is InChI=1S/C21H23N3O/c1-3-7-17-20(24-13-11-15(2)14-19(24)22-17)21(25)23-12-6-9-16-8-4-5-10-18(16)23/h4-5,8,10-11,13-14H,3,6-7,9,12H2,1-2H3. The fourth-order valence-corrected chi connectivity index (χ4v) is 3.71. The summed E-state index contributed by atoms with van der Waals surface area (Å²) in [6.07, 6.45) is 5.80. The van der Waals surface area contributed by atoms with Gasteiger partial charge in [0.1, 0.15) is 11.3 Å². The van der Waals surface area contributed by atoms with E-state index in [2.05, 4.69) is 26.0 Å². The zero-order valence-electron chi connectivity index (χ0n) is 14.8. The number of pyridine rings is 1. The summed E-state index contributed by atoms with van der Waals surface area (Å²) in [6, 6.07) is 12.3. The molecule has 3 aromatic rings. The molecule has 4 rings (SSSR count). The molecule has 0 N–H and O–H groups in total. The summed E-state index contributed by atoms with van der Waals surface area (Å²) in [6.45, 7) is 4.94. The molecule has 1 aliphatic heterocycles. The van der Waals surface area contributed by atoms with Crippen molar-refractivity contribution in [3.8, 4) is 0 Å². The number of nitrogens with zero attached hydrogens (tertiary/aromatic N) is 3. The zero-order valence-corrected chi connectivity index (χ0v) is 14.8. The van der Waals surface area contributed by atoms with Gasteiger partial charge in [0.15, 0.2) is 0 Å². The molecule has 1 aromatic carbocycles. The number of fused-ring (bicyclic) bond motifs is 2. The van der Waals surface area contributed by atoms with Gasteiger partial charge in [0.25, 0.3) is 5.91 Å².